The van der Waals surface area contributed by atoms with Crippen molar-refractivity contribution in [1.82, 2.24) is 14.8 Å². The molecule has 0 saturated carbocycles. The van der Waals surface area contributed by atoms with Crippen LogP contribution < -0.4 is 5.32 Å². The van der Waals surface area contributed by atoms with Crippen LogP contribution in [0.1, 0.15) is 36.4 Å². The van der Waals surface area contributed by atoms with Crippen molar-refractivity contribution in [2.75, 3.05) is 45.6 Å². The summed E-state index contributed by atoms with van der Waals surface area (Å²) in [6.07, 6.45) is 3.96. The van der Waals surface area contributed by atoms with Crippen molar-refractivity contribution < 1.29 is 0 Å². The Kier molecular flexibility index (Phi) is 5.30. The van der Waals surface area contributed by atoms with Gasteiger partial charge in [0.15, 0.2) is 5.13 Å². The molecule has 1 atom stereocenters. The van der Waals surface area contributed by atoms with Crippen LogP contribution in [0.4, 0.5) is 5.13 Å². The lowest BCUT2D eigenvalue weighted by atomic mass is 9.68. The van der Waals surface area contributed by atoms with Crippen LogP contribution in [0.5, 0.6) is 0 Å². The smallest absolute Gasteiger partial charge is 0.182 e. The Bertz CT molecular complexity index is 706. The molecule has 1 aromatic carbocycles. The van der Waals surface area contributed by atoms with Gasteiger partial charge in [0, 0.05) is 32.1 Å². The number of hydrogen-bond acceptors (Lipinski definition) is 5. The van der Waals surface area contributed by atoms with Gasteiger partial charge >= 0.3 is 0 Å². The van der Waals surface area contributed by atoms with Gasteiger partial charge in [-0.25, -0.2) is 4.98 Å². The third kappa shape index (κ3) is 3.95. The van der Waals surface area contributed by atoms with Gasteiger partial charge in [-0.15, -0.1) is 11.3 Å². The topological polar surface area (TPSA) is 31.4 Å². The zero-order valence-electron chi connectivity index (χ0n) is 15.9. The summed E-state index contributed by atoms with van der Waals surface area (Å²) in [5.41, 5.74) is 3.21. The normalized spacial score (nSPS) is 24.0. The Labute approximate surface area is 161 Å². The van der Waals surface area contributed by atoms with Crippen LogP contribution in [-0.4, -0.2) is 55.1 Å². The predicted octanol–water partition coefficient (Wildman–Crippen LogP) is 3.89. The summed E-state index contributed by atoms with van der Waals surface area (Å²) in [5.74, 6) is 0.679. The van der Waals surface area contributed by atoms with Crippen molar-refractivity contribution >= 4 is 16.5 Å². The number of thiazole rings is 1. The highest BCUT2D eigenvalue weighted by Gasteiger charge is 2.41. The van der Waals surface area contributed by atoms with E-state index < -0.39 is 0 Å². The molecule has 2 fully saturated rings. The summed E-state index contributed by atoms with van der Waals surface area (Å²) >= 11 is 1.70. The third-order valence-electron chi connectivity index (χ3n) is 6.16. The van der Waals surface area contributed by atoms with Gasteiger partial charge in [-0.2, -0.15) is 0 Å². The van der Waals surface area contributed by atoms with Crippen molar-refractivity contribution in [1.29, 1.82) is 0 Å². The van der Waals surface area contributed by atoms with Crippen molar-refractivity contribution in [3.63, 3.8) is 0 Å². The second-order valence-corrected chi connectivity index (χ2v) is 9.04. The Morgan fingerprint density at radius 1 is 1.23 bits per heavy atom. The minimum atomic E-state index is 0.488. The molecule has 26 heavy (non-hydrogen) atoms. The van der Waals surface area contributed by atoms with Crippen LogP contribution in [0.2, 0.25) is 0 Å². The monoisotopic (exact) mass is 370 g/mol. The van der Waals surface area contributed by atoms with Crippen molar-refractivity contribution in [3.05, 3.63) is 47.0 Å². The Balaban J connectivity index is 1.39. The van der Waals surface area contributed by atoms with Crippen LogP contribution in [0.25, 0.3) is 0 Å². The molecule has 1 spiro atoms. The molecular weight excluding hydrogens is 340 g/mol. The summed E-state index contributed by atoms with van der Waals surface area (Å²) in [5, 5.41) is 6.35. The molecule has 2 aromatic rings. The zero-order valence-corrected chi connectivity index (χ0v) is 16.8. The van der Waals surface area contributed by atoms with E-state index in [4.69, 9.17) is 0 Å². The summed E-state index contributed by atoms with van der Waals surface area (Å²) in [6.45, 7) is 5.83. The highest BCUT2D eigenvalue weighted by molar-refractivity contribution is 7.13. The van der Waals surface area contributed by atoms with E-state index in [9.17, 15) is 0 Å². The maximum atomic E-state index is 4.65. The summed E-state index contributed by atoms with van der Waals surface area (Å²) in [7, 11) is 4.24. The molecule has 5 heteroatoms. The molecule has 140 valence electrons. The van der Waals surface area contributed by atoms with Crippen molar-refractivity contribution in [2.45, 2.75) is 31.7 Å². The van der Waals surface area contributed by atoms with Gasteiger partial charge in [-0.1, -0.05) is 30.3 Å². The van der Waals surface area contributed by atoms with E-state index in [1.165, 1.54) is 56.7 Å². The Hall–Kier alpha value is -1.43. The minimum absolute atomic E-state index is 0.488. The van der Waals surface area contributed by atoms with Crippen molar-refractivity contribution in [3.8, 4) is 0 Å². The first-order valence-corrected chi connectivity index (χ1v) is 10.6. The lowest BCUT2D eigenvalue weighted by Gasteiger charge is -2.49. The molecule has 0 bridgehead atoms. The van der Waals surface area contributed by atoms with Gasteiger partial charge in [-0.3, -0.25) is 4.90 Å². The third-order valence-corrected chi connectivity index (χ3v) is 7.06. The maximum Gasteiger partial charge on any atom is 0.182 e. The summed E-state index contributed by atoms with van der Waals surface area (Å²) in [4.78, 5) is 9.80. The first kappa shape index (κ1) is 18.0. The second kappa shape index (κ2) is 7.67. The molecule has 0 radical (unpaired) electrons. The summed E-state index contributed by atoms with van der Waals surface area (Å²) in [6, 6.07) is 11.1. The Morgan fingerprint density at radius 2 is 2.00 bits per heavy atom. The van der Waals surface area contributed by atoms with Crippen molar-refractivity contribution in [2.24, 2.45) is 5.41 Å². The fraction of sp³-hybridized carbons (Fsp3) is 0.571. The molecule has 1 aromatic heterocycles. The molecule has 4 rings (SSSR count). The van der Waals surface area contributed by atoms with Crippen LogP contribution in [0.3, 0.4) is 0 Å². The number of likely N-dealkylation sites (N-methyl/N-ethyl adjacent to an activating group) is 1. The molecule has 2 aliphatic heterocycles. The van der Waals surface area contributed by atoms with Gasteiger partial charge in [0.25, 0.3) is 0 Å². The number of rotatable bonds is 4. The number of benzene rings is 1. The summed E-state index contributed by atoms with van der Waals surface area (Å²) < 4.78 is 0. The number of nitrogens with one attached hydrogen (secondary N) is 1. The molecule has 2 saturated heterocycles. The fourth-order valence-electron chi connectivity index (χ4n) is 4.88. The van der Waals surface area contributed by atoms with Crippen LogP contribution in [0, 0.1) is 5.41 Å². The fourth-order valence-corrected chi connectivity index (χ4v) is 5.55. The van der Waals surface area contributed by atoms with Gasteiger partial charge in [0.2, 0.25) is 0 Å². The molecule has 0 aliphatic carbocycles. The first-order valence-electron chi connectivity index (χ1n) is 9.74. The maximum absolute atomic E-state index is 4.65. The van der Waals surface area contributed by atoms with Gasteiger partial charge in [0.1, 0.15) is 0 Å². The van der Waals surface area contributed by atoms with Crippen LogP contribution in [0.15, 0.2) is 35.7 Å². The standard InChI is InChI=1S/C21H30N4S/c1-22-20-23-19(15-26-20)14-25-10-8-21(9-11-25)12-18(13-24(2)16-21)17-6-4-3-5-7-17/h3-7,15,18H,8-14,16H2,1-2H3,(H,22,23)/t18-/m1/s1. The van der Waals surface area contributed by atoms with E-state index in [1.54, 1.807) is 11.3 Å². The molecular formula is C21H30N4S. The van der Waals surface area contributed by atoms with E-state index in [0.717, 1.165) is 11.7 Å². The van der Waals surface area contributed by atoms with E-state index >= 15 is 0 Å². The molecule has 0 unspecified atom stereocenters. The first-order chi connectivity index (χ1) is 12.7. The highest BCUT2D eigenvalue weighted by Crippen LogP contribution is 2.44. The predicted molar refractivity (Wildman–Crippen MR) is 110 cm³/mol. The molecule has 2 aliphatic rings. The molecule has 3 heterocycles. The quantitative estimate of drug-likeness (QED) is 0.885. The Morgan fingerprint density at radius 3 is 2.69 bits per heavy atom. The number of nitrogens with zero attached hydrogens (tertiary/aromatic N) is 3. The van der Waals surface area contributed by atoms with E-state index in [1.807, 2.05) is 7.05 Å². The lowest BCUT2D eigenvalue weighted by Crippen LogP contribution is -2.50. The van der Waals surface area contributed by atoms with E-state index in [0.29, 0.717) is 11.3 Å². The van der Waals surface area contributed by atoms with E-state index in [-0.39, 0.29) is 0 Å². The second-order valence-electron chi connectivity index (χ2n) is 8.18. The average molecular weight is 371 g/mol. The number of hydrogen-bond donors (Lipinski definition) is 1. The van der Waals surface area contributed by atoms with Gasteiger partial charge < -0.3 is 10.2 Å². The minimum Gasteiger partial charge on any atom is -0.365 e. The highest BCUT2D eigenvalue weighted by atomic mass is 32.1. The number of aromatic nitrogens is 1. The largest absolute Gasteiger partial charge is 0.365 e. The number of likely N-dealkylation sites (tertiary alicyclic amines) is 2. The van der Waals surface area contributed by atoms with Gasteiger partial charge in [0.05, 0.1) is 5.69 Å². The number of piperidine rings is 2. The molecule has 4 nitrogen and oxygen atoms in total. The van der Waals surface area contributed by atoms with Crippen LogP contribution >= 0.6 is 11.3 Å². The average Bonchev–Trinajstić information content (AvgIpc) is 3.12. The molecule has 1 N–H and O–H groups in total. The lowest BCUT2D eigenvalue weighted by molar-refractivity contribution is 0.0216. The van der Waals surface area contributed by atoms with Gasteiger partial charge in [-0.05, 0) is 56.3 Å². The zero-order chi connectivity index (χ0) is 18.0. The van der Waals surface area contributed by atoms with E-state index in [2.05, 4.69) is 62.9 Å². The molecule has 0 amide bonds. The van der Waals surface area contributed by atoms with Crippen LogP contribution in [-0.2, 0) is 6.54 Å². The SMILES string of the molecule is CNc1nc(CN2CCC3(CC2)C[C@@H](c2ccccc2)CN(C)C3)cs1. The number of anilines is 1.